The highest BCUT2D eigenvalue weighted by atomic mass is 32.2. The molecule has 0 N–H and O–H groups in total. The summed E-state index contributed by atoms with van der Waals surface area (Å²) >= 11 is 1.87. The monoisotopic (exact) mass is 266 g/mol. The minimum Gasteiger partial charge on any atom is -0.158 e. The number of rotatable bonds is 4. The summed E-state index contributed by atoms with van der Waals surface area (Å²) in [7, 11) is 0. The maximum Gasteiger partial charge on any atom is 0.0199 e. The molecule has 0 fully saturated rings. The quantitative estimate of drug-likeness (QED) is 0.573. The van der Waals surface area contributed by atoms with Gasteiger partial charge in [0.15, 0.2) is 0 Å². The molecule has 1 unspecified atom stereocenters. The normalized spacial score (nSPS) is 16.7. The Morgan fingerprint density at radius 3 is 1.72 bits per heavy atom. The van der Waals surface area contributed by atoms with Crippen molar-refractivity contribution in [3.05, 3.63) is 36.0 Å². The van der Waals surface area contributed by atoms with Gasteiger partial charge in [-0.2, -0.15) is 11.8 Å². The van der Waals surface area contributed by atoms with Crippen LogP contribution in [0.2, 0.25) is 0 Å². The molecule has 0 aromatic carbocycles. The largest absolute Gasteiger partial charge is 0.158 e. The van der Waals surface area contributed by atoms with E-state index >= 15 is 0 Å². The lowest BCUT2D eigenvalue weighted by atomic mass is 9.75. The fourth-order valence-electron chi connectivity index (χ4n) is 1.87. The van der Waals surface area contributed by atoms with Crippen molar-refractivity contribution < 1.29 is 0 Å². The molecule has 0 aromatic rings. The van der Waals surface area contributed by atoms with Gasteiger partial charge in [0, 0.05) is 5.25 Å². The molecular formula is C17H30S. The van der Waals surface area contributed by atoms with E-state index in [2.05, 4.69) is 73.5 Å². The molecule has 0 aliphatic heterocycles. The van der Waals surface area contributed by atoms with Gasteiger partial charge in [-0.05, 0) is 35.2 Å². The third-order valence-corrected chi connectivity index (χ3v) is 3.92. The number of thioether (sulfide) groups is 1. The molecule has 1 atom stereocenters. The Morgan fingerprint density at radius 2 is 1.44 bits per heavy atom. The second-order valence-electron chi connectivity index (χ2n) is 6.83. The fourth-order valence-corrected chi connectivity index (χ4v) is 2.11. The van der Waals surface area contributed by atoms with E-state index < -0.39 is 0 Å². The zero-order chi connectivity index (χ0) is 14.6. The van der Waals surface area contributed by atoms with E-state index in [1.165, 1.54) is 11.1 Å². The summed E-state index contributed by atoms with van der Waals surface area (Å²) in [5.41, 5.74) is 3.02. The SMILES string of the molecule is C=C/C(=C(\C=C/C(C)SC)C(C)(C)C)C(C)(C)C. The lowest BCUT2D eigenvalue weighted by Crippen LogP contribution is -2.17. The summed E-state index contributed by atoms with van der Waals surface area (Å²) in [6, 6.07) is 0. The standard InChI is InChI=1S/C17H30S/c1-10-14(16(3,4)5)15(17(6,7)8)12-11-13(2)18-9/h10-13H,1H2,2-9H3/b12-11-,15-14-. The predicted molar refractivity (Wildman–Crippen MR) is 88.3 cm³/mol. The molecule has 0 heterocycles. The lowest BCUT2D eigenvalue weighted by molar-refractivity contribution is 0.463. The van der Waals surface area contributed by atoms with Gasteiger partial charge in [0.1, 0.15) is 0 Å². The highest BCUT2D eigenvalue weighted by Crippen LogP contribution is 2.38. The summed E-state index contributed by atoms with van der Waals surface area (Å²) in [5.74, 6) is 0. The van der Waals surface area contributed by atoms with Crippen molar-refractivity contribution >= 4 is 11.8 Å². The molecule has 18 heavy (non-hydrogen) atoms. The van der Waals surface area contributed by atoms with Crippen LogP contribution in [0.25, 0.3) is 0 Å². The highest BCUT2D eigenvalue weighted by molar-refractivity contribution is 7.99. The molecule has 0 bridgehead atoms. The lowest BCUT2D eigenvalue weighted by Gasteiger charge is -2.30. The molecular weight excluding hydrogens is 236 g/mol. The van der Waals surface area contributed by atoms with Gasteiger partial charge in [-0.25, -0.2) is 0 Å². The van der Waals surface area contributed by atoms with Crippen LogP contribution in [-0.2, 0) is 0 Å². The summed E-state index contributed by atoms with van der Waals surface area (Å²) in [6.07, 6.45) is 8.76. The molecule has 0 spiro atoms. The molecule has 104 valence electrons. The number of allylic oxidation sites excluding steroid dienone is 4. The van der Waals surface area contributed by atoms with Gasteiger partial charge in [0.25, 0.3) is 0 Å². The van der Waals surface area contributed by atoms with Crippen LogP contribution in [0, 0.1) is 10.8 Å². The van der Waals surface area contributed by atoms with E-state index in [0.29, 0.717) is 5.25 Å². The van der Waals surface area contributed by atoms with Crippen LogP contribution in [0.4, 0.5) is 0 Å². The fraction of sp³-hybridized carbons (Fsp3) is 0.647. The van der Waals surface area contributed by atoms with Gasteiger partial charge in [-0.15, -0.1) is 0 Å². The Kier molecular flexibility index (Phi) is 6.50. The van der Waals surface area contributed by atoms with Crippen molar-refractivity contribution in [3.8, 4) is 0 Å². The van der Waals surface area contributed by atoms with Crippen molar-refractivity contribution in [1.29, 1.82) is 0 Å². The number of hydrogen-bond acceptors (Lipinski definition) is 1. The van der Waals surface area contributed by atoms with E-state index in [1.54, 1.807) is 0 Å². The third kappa shape index (κ3) is 5.48. The smallest absolute Gasteiger partial charge is 0.0199 e. The zero-order valence-electron chi connectivity index (χ0n) is 13.4. The second-order valence-corrected chi connectivity index (χ2v) is 8.05. The van der Waals surface area contributed by atoms with E-state index in [9.17, 15) is 0 Å². The summed E-state index contributed by atoms with van der Waals surface area (Å²) in [4.78, 5) is 0. The van der Waals surface area contributed by atoms with Crippen molar-refractivity contribution in [3.63, 3.8) is 0 Å². The van der Waals surface area contributed by atoms with Crippen LogP contribution < -0.4 is 0 Å². The highest BCUT2D eigenvalue weighted by Gasteiger charge is 2.24. The molecule has 0 saturated heterocycles. The molecule has 0 aliphatic rings. The van der Waals surface area contributed by atoms with E-state index in [4.69, 9.17) is 0 Å². The van der Waals surface area contributed by atoms with Crippen LogP contribution in [0.5, 0.6) is 0 Å². The first-order chi connectivity index (χ1) is 8.04. The Hall–Kier alpha value is -0.430. The van der Waals surface area contributed by atoms with Gasteiger partial charge in [-0.1, -0.05) is 66.3 Å². The maximum atomic E-state index is 4.01. The predicted octanol–water partition coefficient (Wildman–Crippen LogP) is 5.87. The van der Waals surface area contributed by atoms with Gasteiger partial charge >= 0.3 is 0 Å². The minimum absolute atomic E-state index is 0.136. The Bertz CT molecular complexity index is 332. The zero-order valence-corrected chi connectivity index (χ0v) is 14.2. The Labute approximate surface area is 119 Å². The van der Waals surface area contributed by atoms with E-state index in [1.807, 2.05) is 17.8 Å². The van der Waals surface area contributed by atoms with E-state index in [-0.39, 0.29) is 10.8 Å². The average Bonchev–Trinajstić information content (AvgIpc) is 2.19. The van der Waals surface area contributed by atoms with Crippen LogP contribution in [0.15, 0.2) is 36.0 Å². The first-order valence-corrected chi connectivity index (χ1v) is 7.91. The Balaban J connectivity index is 5.70. The molecule has 0 aliphatic carbocycles. The topological polar surface area (TPSA) is 0 Å². The third-order valence-electron chi connectivity index (χ3n) is 3.02. The van der Waals surface area contributed by atoms with Crippen LogP contribution >= 0.6 is 11.8 Å². The molecule has 1 heteroatoms. The first-order valence-electron chi connectivity index (χ1n) is 6.62. The van der Waals surface area contributed by atoms with Crippen molar-refractivity contribution in [2.75, 3.05) is 6.26 Å². The first kappa shape index (κ1) is 17.6. The summed E-state index contributed by atoms with van der Waals surface area (Å²) in [6.45, 7) is 19.8. The van der Waals surface area contributed by atoms with Crippen molar-refractivity contribution in [2.24, 2.45) is 10.8 Å². The van der Waals surface area contributed by atoms with Gasteiger partial charge in [0.05, 0.1) is 0 Å². The molecule has 0 rings (SSSR count). The van der Waals surface area contributed by atoms with Crippen molar-refractivity contribution in [1.82, 2.24) is 0 Å². The molecule has 0 radical (unpaired) electrons. The second kappa shape index (κ2) is 6.65. The molecule has 0 nitrogen and oxygen atoms in total. The van der Waals surface area contributed by atoms with Gasteiger partial charge in [-0.3, -0.25) is 0 Å². The molecule has 0 amide bonds. The van der Waals surface area contributed by atoms with Crippen LogP contribution in [0.1, 0.15) is 48.5 Å². The van der Waals surface area contributed by atoms with Gasteiger partial charge in [0.2, 0.25) is 0 Å². The van der Waals surface area contributed by atoms with Crippen LogP contribution in [0.3, 0.4) is 0 Å². The van der Waals surface area contributed by atoms with Gasteiger partial charge < -0.3 is 0 Å². The summed E-state index contributed by atoms with van der Waals surface area (Å²) in [5, 5.41) is 0.549. The summed E-state index contributed by atoms with van der Waals surface area (Å²) < 4.78 is 0. The minimum atomic E-state index is 0.136. The molecule has 0 saturated carbocycles. The Morgan fingerprint density at radius 1 is 1.00 bits per heavy atom. The van der Waals surface area contributed by atoms with Crippen molar-refractivity contribution in [2.45, 2.75) is 53.7 Å². The van der Waals surface area contributed by atoms with Crippen LogP contribution in [-0.4, -0.2) is 11.5 Å². The number of hydrogen-bond donors (Lipinski definition) is 0. The van der Waals surface area contributed by atoms with E-state index in [0.717, 1.165) is 0 Å². The average molecular weight is 266 g/mol. The maximum absolute atomic E-state index is 4.01. The molecule has 0 aromatic heterocycles.